The van der Waals surface area contributed by atoms with Crippen molar-refractivity contribution in [3.8, 4) is 0 Å². The second-order valence-corrected chi connectivity index (χ2v) is 10.00. The summed E-state index contributed by atoms with van der Waals surface area (Å²) >= 11 is 0. The van der Waals surface area contributed by atoms with Gasteiger partial charge in [-0.2, -0.15) is 0 Å². The molecule has 0 spiro atoms. The summed E-state index contributed by atoms with van der Waals surface area (Å²) in [6.45, 7) is 8.50. The molecule has 0 radical (unpaired) electrons. The van der Waals surface area contributed by atoms with Crippen LogP contribution in [-0.4, -0.2) is 95.7 Å². The fourth-order valence-corrected chi connectivity index (χ4v) is 4.09. The fraction of sp³-hybridized carbons (Fsp3) is 0.800. The number of nitrogens with one attached hydrogen (secondary N) is 1. The summed E-state index contributed by atoms with van der Waals surface area (Å²) < 4.78 is 32.9. The number of ether oxygens (including phenoxy) is 6. The lowest BCUT2D eigenvalue weighted by atomic mass is 10.1. The summed E-state index contributed by atoms with van der Waals surface area (Å²) in [4.78, 5) is 20.6. The first kappa shape index (κ1) is 38.6. The zero-order valence-corrected chi connectivity index (χ0v) is 26.0. The monoisotopic (exact) mass is 615 g/mol. The van der Waals surface area contributed by atoms with E-state index >= 15 is 0 Å². The molecule has 1 aromatic carbocycles. The number of benzene rings is 1. The Bertz CT molecular complexity index is 831. The molecular formula is C30H53N3O10. The standard InChI is InChI=1S/C30H53N3O10/c1-2-3-4-5-6-7-8-9-10-11-15-38-17-19-40-21-23-42-25-26-43-24-22-41-20-18-39-16-14-31-29-13-12-28(32(34)35)27-30(29)33(36)37/h12-13,27,31H,2-11,14-26H2,1H3. The number of rotatable bonds is 32. The van der Waals surface area contributed by atoms with Crippen LogP contribution in [-0.2, 0) is 28.4 Å². The summed E-state index contributed by atoms with van der Waals surface area (Å²) in [6, 6.07) is 3.46. The average Bonchev–Trinajstić information content (AvgIpc) is 3.00. The van der Waals surface area contributed by atoms with Crippen LogP contribution in [0.4, 0.5) is 17.1 Å². The van der Waals surface area contributed by atoms with Gasteiger partial charge in [0.25, 0.3) is 11.4 Å². The third kappa shape index (κ3) is 22.7. The molecule has 0 atom stereocenters. The minimum absolute atomic E-state index is 0.198. The van der Waals surface area contributed by atoms with E-state index in [1.54, 1.807) is 0 Å². The molecule has 0 aliphatic heterocycles. The van der Waals surface area contributed by atoms with Gasteiger partial charge in [-0.25, -0.2) is 0 Å². The second-order valence-electron chi connectivity index (χ2n) is 10.00. The van der Waals surface area contributed by atoms with Gasteiger partial charge < -0.3 is 33.7 Å². The number of nitro benzene ring substituents is 2. The number of anilines is 1. The highest BCUT2D eigenvalue weighted by molar-refractivity contribution is 5.65. The average molecular weight is 616 g/mol. The van der Waals surface area contributed by atoms with E-state index < -0.39 is 9.85 Å². The summed E-state index contributed by atoms with van der Waals surface area (Å²) in [5, 5.41) is 24.8. The van der Waals surface area contributed by atoms with E-state index in [0.717, 1.165) is 19.1 Å². The van der Waals surface area contributed by atoms with Crippen molar-refractivity contribution in [1.29, 1.82) is 0 Å². The molecule has 0 heterocycles. The zero-order valence-electron chi connectivity index (χ0n) is 26.0. The van der Waals surface area contributed by atoms with Crippen LogP contribution in [0.5, 0.6) is 0 Å². The van der Waals surface area contributed by atoms with Crippen molar-refractivity contribution in [2.45, 2.75) is 71.1 Å². The van der Waals surface area contributed by atoms with E-state index in [1.807, 2.05) is 0 Å². The first-order valence-corrected chi connectivity index (χ1v) is 15.7. The van der Waals surface area contributed by atoms with E-state index in [9.17, 15) is 20.2 Å². The Balaban J connectivity index is 1.77. The SMILES string of the molecule is CCCCCCCCCCCCOCCOCCOCCOCCOCCOCCNc1ccc([N+](=O)[O-])cc1[N+](=O)[O-]. The molecule has 0 fully saturated rings. The van der Waals surface area contributed by atoms with Crippen LogP contribution >= 0.6 is 0 Å². The molecule has 1 N–H and O–H groups in total. The van der Waals surface area contributed by atoms with Crippen molar-refractivity contribution in [1.82, 2.24) is 0 Å². The van der Waals surface area contributed by atoms with Gasteiger partial charge in [-0.05, 0) is 12.5 Å². The molecule has 1 aromatic rings. The van der Waals surface area contributed by atoms with Crippen LogP contribution in [0.1, 0.15) is 71.1 Å². The molecule has 0 aromatic heterocycles. The predicted molar refractivity (Wildman–Crippen MR) is 165 cm³/mol. The van der Waals surface area contributed by atoms with Crippen molar-refractivity contribution in [3.05, 3.63) is 38.4 Å². The van der Waals surface area contributed by atoms with Gasteiger partial charge in [0.05, 0.1) is 88.6 Å². The van der Waals surface area contributed by atoms with Crippen LogP contribution in [0.2, 0.25) is 0 Å². The maximum Gasteiger partial charge on any atom is 0.299 e. The topological polar surface area (TPSA) is 154 Å². The lowest BCUT2D eigenvalue weighted by Crippen LogP contribution is -2.15. The van der Waals surface area contributed by atoms with Crippen LogP contribution < -0.4 is 5.32 Å². The highest BCUT2D eigenvalue weighted by atomic mass is 16.6. The minimum atomic E-state index is -0.673. The van der Waals surface area contributed by atoms with Gasteiger partial charge in [0, 0.05) is 19.2 Å². The molecule has 13 nitrogen and oxygen atoms in total. The van der Waals surface area contributed by atoms with Gasteiger partial charge in [-0.15, -0.1) is 0 Å². The molecule has 0 saturated carbocycles. The zero-order chi connectivity index (χ0) is 31.2. The van der Waals surface area contributed by atoms with Crippen molar-refractivity contribution in [3.63, 3.8) is 0 Å². The van der Waals surface area contributed by atoms with E-state index in [-0.39, 0.29) is 17.1 Å². The molecule has 1 rings (SSSR count). The van der Waals surface area contributed by atoms with Crippen LogP contribution in [0.25, 0.3) is 0 Å². The summed E-state index contributed by atoms with van der Waals surface area (Å²) in [7, 11) is 0. The maximum atomic E-state index is 11.1. The lowest BCUT2D eigenvalue weighted by molar-refractivity contribution is -0.393. The number of hydrogen-bond acceptors (Lipinski definition) is 11. The fourth-order valence-electron chi connectivity index (χ4n) is 4.09. The second kappa shape index (κ2) is 28.4. The highest BCUT2D eigenvalue weighted by Gasteiger charge is 2.19. The third-order valence-electron chi connectivity index (χ3n) is 6.45. The van der Waals surface area contributed by atoms with Gasteiger partial charge >= 0.3 is 0 Å². The highest BCUT2D eigenvalue weighted by Crippen LogP contribution is 2.28. The summed E-state index contributed by atoms with van der Waals surface area (Å²) in [5.74, 6) is 0. The van der Waals surface area contributed by atoms with E-state index in [4.69, 9.17) is 28.4 Å². The molecule has 248 valence electrons. The number of hydrogen-bond donors (Lipinski definition) is 1. The molecule has 0 aliphatic carbocycles. The normalized spacial score (nSPS) is 11.2. The summed E-state index contributed by atoms with van der Waals surface area (Å²) in [5.41, 5.74) is -0.492. The van der Waals surface area contributed by atoms with E-state index in [2.05, 4.69) is 12.2 Å². The summed E-state index contributed by atoms with van der Waals surface area (Å²) in [6.07, 6.45) is 13.3. The molecule has 43 heavy (non-hydrogen) atoms. The van der Waals surface area contributed by atoms with Crippen molar-refractivity contribution < 1.29 is 38.3 Å². The Morgan fingerprint density at radius 1 is 0.558 bits per heavy atom. The molecule has 0 saturated heterocycles. The first-order chi connectivity index (χ1) is 21.1. The molecule has 0 unspecified atom stereocenters. The van der Waals surface area contributed by atoms with Crippen LogP contribution in [0.3, 0.4) is 0 Å². The Morgan fingerprint density at radius 2 is 0.977 bits per heavy atom. The number of unbranched alkanes of at least 4 members (excludes halogenated alkanes) is 9. The third-order valence-corrected chi connectivity index (χ3v) is 6.45. The molecular weight excluding hydrogens is 562 g/mol. The smallest absolute Gasteiger partial charge is 0.299 e. The van der Waals surface area contributed by atoms with Gasteiger partial charge in [-0.3, -0.25) is 20.2 Å². The largest absolute Gasteiger partial charge is 0.379 e. The van der Waals surface area contributed by atoms with Gasteiger partial charge in [0.1, 0.15) is 5.69 Å². The number of nitrogens with zero attached hydrogens (tertiary/aromatic N) is 2. The first-order valence-electron chi connectivity index (χ1n) is 15.7. The Hall–Kier alpha value is -2.42. The minimum Gasteiger partial charge on any atom is -0.379 e. The van der Waals surface area contributed by atoms with Gasteiger partial charge in [0.15, 0.2) is 0 Å². The van der Waals surface area contributed by atoms with Crippen molar-refractivity contribution in [2.75, 3.05) is 91.1 Å². The quantitative estimate of drug-likeness (QED) is 0.0582. The van der Waals surface area contributed by atoms with Gasteiger partial charge in [0.2, 0.25) is 0 Å². The van der Waals surface area contributed by atoms with Crippen LogP contribution in [0.15, 0.2) is 18.2 Å². The molecule has 0 amide bonds. The molecule has 0 aliphatic rings. The van der Waals surface area contributed by atoms with Crippen molar-refractivity contribution in [2.24, 2.45) is 0 Å². The Labute approximate surface area is 256 Å². The van der Waals surface area contributed by atoms with E-state index in [0.29, 0.717) is 79.2 Å². The van der Waals surface area contributed by atoms with E-state index in [1.165, 1.54) is 69.9 Å². The number of nitro groups is 2. The molecule has 13 heteroatoms. The number of non-ortho nitro benzene ring substituents is 1. The van der Waals surface area contributed by atoms with Crippen LogP contribution in [0, 0.1) is 20.2 Å². The maximum absolute atomic E-state index is 11.1. The van der Waals surface area contributed by atoms with Gasteiger partial charge in [-0.1, -0.05) is 64.7 Å². The Morgan fingerprint density at radius 3 is 1.42 bits per heavy atom. The molecule has 0 bridgehead atoms. The Kier molecular flexibility index (Phi) is 25.5. The van der Waals surface area contributed by atoms with Crippen molar-refractivity contribution >= 4 is 17.1 Å². The lowest BCUT2D eigenvalue weighted by Gasteiger charge is -2.09. The predicted octanol–water partition coefficient (Wildman–Crippen LogP) is 5.94.